The minimum Gasteiger partial charge on any atom is -0.493 e. The summed E-state index contributed by atoms with van der Waals surface area (Å²) in [6.07, 6.45) is 4.48. The Balaban J connectivity index is 1.52. The minimum atomic E-state index is 0.530. The van der Waals surface area contributed by atoms with Gasteiger partial charge < -0.3 is 14.8 Å². The number of nitrogens with zero attached hydrogens (tertiary/aromatic N) is 2. The number of ether oxygens (including phenoxy) is 2. The molecule has 6 heteroatoms. The van der Waals surface area contributed by atoms with Crippen molar-refractivity contribution in [1.82, 2.24) is 9.97 Å². The summed E-state index contributed by atoms with van der Waals surface area (Å²) in [5.74, 6) is 3.73. The third kappa shape index (κ3) is 3.33. The number of hydrogen-bond donors (Lipinski definition) is 1. The molecule has 4 rings (SSSR count). The second kappa shape index (κ2) is 6.49. The van der Waals surface area contributed by atoms with Gasteiger partial charge in [-0.1, -0.05) is 6.92 Å². The molecule has 0 saturated heterocycles. The zero-order chi connectivity index (χ0) is 16.4. The molecular formula is C18H17N3O2S. The molecule has 0 aliphatic carbocycles. The Labute approximate surface area is 144 Å². The predicted octanol–water partition coefficient (Wildman–Crippen LogP) is 4.65. The number of aromatic nitrogens is 2. The van der Waals surface area contributed by atoms with Gasteiger partial charge >= 0.3 is 0 Å². The molecule has 24 heavy (non-hydrogen) atoms. The molecule has 1 atom stereocenters. The zero-order valence-electron chi connectivity index (χ0n) is 13.2. The van der Waals surface area contributed by atoms with Gasteiger partial charge in [-0.3, -0.25) is 0 Å². The first kappa shape index (κ1) is 15.0. The molecule has 0 spiro atoms. The van der Waals surface area contributed by atoms with Gasteiger partial charge in [0.05, 0.1) is 6.61 Å². The SMILES string of the molecule is CC1COc2ccc(Oc3ccnc(Nc4nccs4)c3)cc2C1. The van der Waals surface area contributed by atoms with Gasteiger partial charge in [0.25, 0.3) is 0 Å². The van der Waals surface area contributed by atoms with Crippen LogP contribution in [-0.2, 0) is 6.42 Å². The number of rotatable bonds is 4. The molecule has 1 aliphatic rings. The molecule has 0 amide bonds. The van der Waals surface area contributed by atoms with E-state index in [2.05, 4.69) is 28.3 Å². The number of nitrogens with one attached hydrogen (secondary N) is 1. The van der Waals surface area contributed by atoms with Crippen molar-refractivity contribution in [2.45, 2.75) is 13.3 Å². The van der Waals surface area contributed by atoms with Crippen molar-refractivity contribution in [2.24, 2.45) is 5.92 Å². The first-order valence-corrected chi connectivity index (χ1v) is 8.70. The summed E-state index contributed by atoms with van der Waals surface area (Å²) in [4.78, 5) is 8.48. The maximum atomic E-state index is 5.99. The molecule has 3 aromatic rings. The largest absolute Gasteiger partial charge is 0.493 e. The Hall–Kier alpha value is -2.60. The predicted molar refractivity (Wildman–Crippen MR) is 94.5 cm³/mol. The third-order valence-corrected chi connectivity index (χ3v) is 4.45. The van der Waals surface area contributed by atoms with E-state index < -0.39 is 0 Å². The smallest absolute Gasteiger partial charge is 0.188 e. The highest BCUT2D eigenvalue weighted by Crippen LogP contribution is 2.33. The molecule has 1 N–H and O–H groups in total. The van der Waals surface area contributed by atoms with Crippen LogP contribution in [0.1, 0.15) is 12.5 Å². The average Bonchev–Trinajstić information content (AvgIpc) is 3.08. The van der Waals surface area contributed by atoms with Crippen LogP contribution in [0.3, 0.4) is 0 Å². The lowest BCUT2D eigenvalue weighted by Crippen LogP contribution is -2.17. The van der Waals surface area contributed by atoms with Gasteiger partial charge in [-0.05, 0) is 42.2 Å². The highest BCUT2D eigenvalue weighted by molar-refractivity contribution is 7.13. The summed E-state index contributed by atoms with van der Waals surface area (Å²) in [7, 11) is 0. The molecule has 5 nitrogen and oxygen atoms in total. The van der Waals surface area contributed by atoms with Crippen molar-refractivity contribution in [3.8, 4) is 17.2 Å². The molecule has 0 saturated carbocycles. The molecule has 1 aliphatic heterocycles. The van der Waals surface area contributed by atoms with Crippen molar-refractivity contribution in [2.75, 3.05) is 11.9 Å². The average molecular weight is 339 g/mol. The van der Waals surface area contributed by atoms with Crippen molar-refractivity contribution in [1.29, 1.82) is 0 Å². The van der Waals surface area contributed by atoms with Crippen LogP contribution in [-0.4, -0.2) is 16.6 Å². The van der Waals surface area contributed by atoms with E-state index in [0.29, 0.717) is 11.7 Å². The standard InChI is InChI=1S/C18H17N3O2S/c1-12-8-13-9-14(2-3-16(13)22-11-12)23-15-4-5-19-17(10-15)21-18-20-6-7-24-18/h2-7,9-10,12H,8,11H2,1H3,(H,19,20,21). The van der Waals surface area contributed by atoms with E-state index >= 15 is 0 Å². The lowest BCUT2D eigenvalue weighted by Gasteiger charge is -2.22. The number of thiazole rings is 1. The van der Waals surface area contributed by atoms with Crippen LogP contribution in [0.25, 0.3) is 0 Å². The molecule has 0 fully saturated rings. The fourth-order valence-corrected chi connectivity index (χ4v) is 3.20. The molecule has 0 radical (unpaired) electrons. The van der Waals surface area contributed by atoms with Crippen LogP contribution in [0, 0.1) is 5.92 Å². The summed E-state index contributed by atoms with van der Waals surface area (Å²) in [5, 5.41) is 5.88. The second-order valence-corrected chi connectivity index (χ2v) is 6.73. The Morgan fingerprint density at radius 2 is 2.08 bits per heavy atom. The normalized spacial score (nSPS) is 16.1. The lowest BCUT2D eigenvalue weighted by molar-refractivity contribution is 0.233. The Morgan fingerprint density at radius 1 is 1.17 bits per heavy atom. The second-order valence-electron chi connectivity index (χ2n) is 5.83. The van der Waals surface area contributed by atoms with Gasteiger partial charge in [0.1, 0.15) is 23.1 Å². The summed E-state index contributed by atoms with van der Waals surface area (Å²) in [6, 6.07) is 9.67. The number of benzene rings is 1. The lowest BCUT2D eigenvalue weighted by atomic mass is 9.98. The molecule has 0 bridgehead atoms. The van der Waals surface area contributed by atoms with Gasteiger partial charge in [-0.25, -0.2) is 9.97 Å². The highest BCUT2D eigenvalue weighted by Gasteiger charge is 2.17. The van der Waals surface area contributed by atoms with E-state index in [9.17, 15) is 0 Å². The van der Waals surface area contributed by atoms with Crippen LogP contribution >= 0.6 is 11.3 Å². The van der Waals surface area contributed by atoms with Crippen molar-refractivity contribution < 1.29 is 9.47 Å². The maximum Gasteiger partial charge on any atom is 0.188 e. The van der Waals surface area contributed by atoms with Gasteiger partial charge in [0.2, 0.25) is 0 Å². The number of fused-ring (bicyclic) bond motifs is 1. The number of hydrogen-bond acceptors (Lipinski definition) is 6. The van der Waals surface area contributed by atoms with Crippen LogP contribution in [0.4, 0.5) is 10.9 Å². The fourth-order valence-electron chi connectivity index (χ4n) is 2.66. The van der Waals surface area contributed by atoms with Crippen LogP contribution in [0.15, 0.2) is 48.1 Å². The molecule has 1 aromatic carbocycles. The Bertz CT molecular complexity index is 836. The third-order valence-electron chi connectivity index (χ3n) is 3.76. The summed E-state index contributed by atoms with van der Waals surface area (Å²) in [5.41, 5.74) is 1.20. The highest BCUT2D eigenvalue weighted by atomic mass is 32.1. The molecule has 1 unspecified atom stereocenters. The van der Waals surface area contributed by atoms with Gasteiger partial charge in [0.15, 0.2) is 5.13 Å². The molecule has 3 heterocycles. The van der Waals surface area contributed by atoms with Crippen LogP contribution in [0.2, 0.25) is 0 Å². The first-order valence-electron chi connectivity index (χ1n) is 7.82. The number of anilines is 2. The summed E-state index contributed by atoms with van der Waals surface area (Å²) >= 11 is 1.53. The van der Waals surface area contributed by atoms with Gasteiger partial charge in [0, 0.05) is 23.8 Å². The van der Waals surface area contributed by atoms with E-state index in [0.717, 1.165) is 35.4 Å². The maximum absolute atomic E-state index is 5.99. The van der Waals surface area contributed by atoms with Gasteiger partial charge in [-0.2, -0.15) is 0 Å². The van der Waals surface area contributed by atoms with E-state index in [1.54, 1.807) is 12.4 Å². The van der Waals surface area contributed by atoms with Crippen LogP contribution < -0.4 is 14.8 Å². The van der Waals surface area contributed by atoms with Crippen molar-refractivity contribution in [3.05, 3.63) is 53.7 Å². The van der Waals surface area contributed by atoms with Crippen LogP contribution in [0.5, 0.6) is 17.2 Å². The monoisotopic (exact) mass is 339 g/mol. The fraction of sp³-hybridized carbons (Fsp3) is 0.222. The molecule has 122 valence electrons. The quantitative estimate of drug-likeness (QED) is 0.750. The topological polar surface area (TPSA) is 56.3 Å². The van der Waals surface area contributed by atoms with Gasteiger partial charge in [-0.15, -0.1) is 11.3 Å². The number of pyridine rings is 1. The molecule has 2 aromatic heterocycles. The zero-order valence-corrected chi connectivity index (χ0v) is 14.0. The minimum absolute atomic E-state index is 0.530. The van der Waals surface area contributed by atoms with Crippen molar-refractivity contribution >= 4 is 22.3 Å². The Kier molecular flexibility index (Phi) is 4.04. The summed E-state index contributed by atoms with van der Waals surface area (Å²) in [6.45, 7) is 2.97. The van der Waals surface area contributed by atoms with E-state index in [4.69, 9.17) is 9.47 Å². The van der Waals surface area contributed by atoms with E-state index in [1.165, 1.54) is 16.9 Å². The Morgan fingerprint density at radius 3 is 2.96 bits per heavy atom. The summed E-state index contributed by atoms with van der Waals surface area (Å²) < 4.78 is 11.7. The first-order chi connectivity index (χ1) is 11.8. The molecular weight excluding hydrogens is 322 g/mol. The van der Waals surface area contributed by atoms with E-state index in [-0.39, 0.29) is 0 Å². The van der Waals surface area contributed by atoms with E-state index in [1.807, 2.05) is 29.6 Å². The van der Waals surface area contributed by atoms with Crippen molar-refractivity contribution in [3.63, 3.8) is 0 Å².